The molecule has 0 aromatic heterocycles. The number of esters is 1. The van der Waals surface area contributed by atoms with Gasteiger partial charge in [0, 0.05) is 6.42 Å². The summed E-state index contributed by atoms with van der Waals surface area (Å²) in [6.45, 7) is 4.46. The summed E-state index contributed by atoms with van der Waals surface area (Å²) in [5.41, 5.74) is 3.00. The Bertz CT molecular complexity index is 755. The molecule has 0 bridgehead atoms. The molecule has 0 atom stereocenters. The molecular weight excluding hydrogens is 318 g/mol. The van der Waals surface area contributed by atoms with Crippen LogP contribution in [-0.4, -0.2) is 25.6 Å². The number of ether oxygens (including phenoxy) is 2. The molecule has 2 aromatic rings. The molecule has 0 radical (unpaired) electrons. The first-order chi connectivity index (χ1) is 12.0. The van der Waals surface area contributed by atoms with Crippen LogP contribution < -0.4 is 10.1 Å². The number of hydrogen-bond acceptors (Lipinski definition) is 4. The van der Waals surface area contributed by atoms with Gasteiger partial charge in [-0.25, -0.2) is 4.79 Å². The quantitative estimate of drug-likeness (QED) is 0.613. The zero-order valence-electron chi connectivity index (χ0n) is 14.8. The number of carbonyl (C=O) groups is 2. The zero-order chi connectivity index (χ0) is 18.2. The molecular formula is C20H23NO4. The number of hydrogen-bond donors (Lipinski definition) is 1. The summed E-state index contributed by atoms with van der Waals surface area (Å²) in [6.07, 6.45) is 0.889. The maximum absolute atomic E-state index is 12.1. The fourth-order valence-corrected chi connectivity index (χ4v) is 2.37. The lowest BCUT2D eigenvalue weighted by Crippen LogP contribution is -2.16. The van der Waals surface area contributed by atoms with Crippen molar-refractivity contribution in [3.63, 3.8) is 0 Å². The van der Waals surface area contributed by atoms with Gasteiger partial charge in [-0.15, -0.1) is 0 Å². The number of carbonyl (C=O) groups excluding carboxylic acids is 2. The number of benzene rings is 2. The highest BCUT2D eigenvalue weighted by molar-refractivity contribution is 6.01. The highest BCUT2D eigenvalue weighted by Gasteiger charge is 2.13. The third-order valence-corrected chi connectivity index (χ3v) is 3.76. The molecule has 5 heteroatoms. The summed E-state index contributed by atoms with van der Waals surface area (Å²) >= 11 is 0. The lowest BCUT2D eigenvalue weighted by molar-refractivity contribution is -0.116. The minimum absolute atomic E-state index is 0.166. The molecule has 2 rings (SSSR count). The fraction of sp³-hybridized carbons (Fsp3) is 0.300. The van der Waals surface area contributed by atoms with Crippen LogP contribution in [-0.2, 0) is 9.53 Å². The van der Waals surface area contributed by atoms with E-state index in [1.807, 2.05) is 32.0 Å². The third kappa shape index (κ3) is 5.35. The van der Waals surface area contributed by atoms with Gasteiger partial charge in [-0.05, 0) is 49.6 Å². The van der Waals surface area contributed by atoms with Crippen molar-refractivity contribution in [2.75, 3.05) is 19.0 Å². The molecule has 0 aliphatic carbocycles. The van der Waals surface area contributed by atoms with E-state index in [1.54, 1.807) is 24.3 Å². The summed E-state index contributed by atoms with van der Waals surface area (Å²) in [7, 11) is 1.31. The minimum Gasteiger partial charge on any atom is -0.493 e. The van der Waals surface area contributed by atoms with Crippen molar-refractivity contribution in [1.29, 1.82) is 0 Å². The Morgan fingerprint density at radius 2 is 1.84 bits per heavy atom. The first-order valence-corrected chi connectivity index (χ1v) is 8.18. The summed E-state index contributed by atoms with van der Waals surface area (Å²) in [4.78, 5) is 23.8. The Morgan fingerprint density at radius 3 is 2.60 bits per heavy atom. The highest BCUT2D eigenvalue weighted by atomic mass is 16.5. The lowest BCUT2D eigenvalue weighted by Gasteiger charge is -2.11. The molecule has 0 fully saturated rings. The average molecular weight is 341 g/mol. The van der Waals surface area contributed by atoms with Crippen molar-refractivity contribution in [3.05, 3.63) is 59.2 Å². The first-order valence-electron chi connectivity index (χ1n) is 8.18. The van der Waals surface area contributed by atoms with Gasteiger partial charge in [0.25, 0.3) is 0 Å². The molecule has 0 saturated carbocycles. The van der Waals surface area contributed by atoms with E-state index in [4.69, 9.17) is 9.47 Å². The van der Waals surface area contributed by atoms with Crippen molar-refractivity contribution in [2.45, 2.75) is 26.7 Å². The Kier molecular flexibility index (Phi) is 6.57. The number of aryl methyl sites for hydroxylation is 2. The normalized spacial score (nSPS) is 10.2. The molecule has 0 spiro atoms. The van der Waals surface area contributed by atoms with E-state index < -0.39 is 5.97 Å². The minimum atomic E-state index is -0.478. The molecule has 0 saturated heterocycles. The average Bonchev–Trinajstić information content (AvgIpc) is 2.61. The van der Waals surface area contributed by atoms with E-state index in [9.17, 15) is 9.59 Å². The van der Waals surface area contributed by atoms with E-state index >= 15 is 0 Å². The first kappa shape index (κ1) is 18.5. The van der Waals surface area contributed by atoms with Gasteiger partial charge in [-0.3, -0.25) is 4.79 Å². The number of amides is 1. The van der Waals surface area contributed by atoms with E-state index in [0.29, 0.717) is 30.7 Å². The third-order valence-electron chi connectivity index (χ3n) is 3.76. The molecule has 0 unspecified atom stereocenters. The number of anilines is 1. The standard InChI is InChI=1S/C20H23NO4/c1-14-10-11-15(2)18(13-14)25-12-6-9-19(22)21-17-8-5-4-7-16(17)20(23)24-3/h4-5,7-8,10-11,13H,6,9,12H2,1-3H3,(H,21,22). The van der Waals surface area contributed by atoms with Crippen LogP contribution >= 0.6 is 0 Å². The number of nitrogens with one attached hydrogen (secondary N) is 1. The van der Waals surface area contributed by atoms with E-state index in [0.717, 1.165) is 16.9 Å². The summed E-state index contributed by atoms with van der Waals surface area (Å²) in [5.74, 6) is 0.200. The maximum Gasteiger partial charge on any atom is 0.339 e. The van der Waals surface area contributed by atoms with Gasteiger partial charge in [-0.2, -0.15) is 0 Å². The van der Waals surface area contributed by atoms with E-state index in [1.165, 1.54) is 7.11 Å². The second-order valence-corrected chi connectivity index (χ2v) is 5.81. The van der Waals surface area contributed by atoms with Gasteiger partial charge in [-0.1, -0.05) is 24.3 Å². The smallest absolute Gasteiger partial charge is 0.339 e. The van der Waals surface area contributed by atoms with Crippen LogP contribution in [0.1, 0.15) is 34.3 Å². The van der Waals surface area contributed by atoms with Gasteiger partial charge in [0.1, 0.15) is 5.75 Å². The zero-order valence-corrected chi connectivity index (χ0v) is 14.8. The second kappa shape index (κ2) is 8.87. The number of rotatable bonds is 7. The molecule has 1 N–H and O–H groups in total. The number of para-hydroxylation sites is 1. The van der Waals surface area contributed by atoms with Crippen molar-refractivity contribution >= 4 is 17.6 Å². The number of methoxy groups -OCH3 is 1. The van der Waals surface area contributed by atoms with Crippen molar-refractivity contribution < 1.29 is 19.1 Å². The topological polar surface area (TPSA) is 64.6 Å². The SMILES string of the molecule is COC(=O)c1ccccc1NC(=O)CCCOc1cc(C)ccc1C. The summed E-state index contributed by atoms with van der Waals surface area (Å²) in [5, 5.41) is 2.75. The molecule has 25 heavy (non-hydrogen) atoms. The van der Waals surface area contributed by atoms with E-state index in [2.05, 4.69) is 5.32 Å². The molecule has 2 aromatic carbocycles. The Hall–Kier alpha value is -2.82. The molecule has 5 nitrogen and oxygen atoms in total. The fourth-order valence-electron chi connectivity index (χ4n) is 2.37. The van der Waals surface area contributed by atoms with Gasteiger partial charge < -0.3 is 14.8 Å². The highest BCUT2D eigenvalue weighted by Crippen LogP contribution is 2.20. The van der Waals surface area contributed by atoms with Gasteiger partial charge in [0.2, 0.25) is 5.91 Å². The van der Waals surface area contributed by atoms with Crippen molar-refractivity contribution in [2.24, 2.45) is 0 Å². The van der Waals surface area contributed by atoms with Crippen molar-refractivity contribution in [3.8, 4) is 5.75 Å². The van der Waals surface area contributed by atoms with Crippen LogP contribution in [0, 0.1) is 13.8 Å². The summed E-state index contributed by atoms with van der Waals surface area (Å²) in [6, 6.07) is 12.8. The molecule has 0 aliphatic heterocycles. The molecule has 1 amide bonds. The maximum atomic E-state index is 12.1. The summed E-state index contributed by atoms with van der Waals surface area (Å²) < 4.78 is 10.5. The predicted molar refractivity (Wildman–Crippen MR) is 97.1 cm³/mol. The van der Waals surface area contributed by atoms with Crippen LogP contribution in [0.4, 0.5) is 5.69 Å². The van der Waals surface area contributed by atoms with E-state index in [-0.39, 0.29) is 5.91 Å². The molecule has 0 aliphatic rings. The Labute approximate surface area is 148 Å². The Morgan fingerprint density at radius 1 is 1.08 bits per heavy atom. The second-order valence-electron chi connectivity index (χ2n) is 5.81. The van der Waals surface area contributed by atoms with Crippen LogP contribution in [0.2, 0.25) is 0 Å². The van der Waals surface area contributed by atoms with Crippen molar-refractivity contribution in [1.82, 2.24) is 0 Å². The van der Waals surface area contributed by atoms with Crippen LogP contribution in [0.3, 0.4) is 0 Å². The van der Waals surface area contributed by atoms with Crippen LogP contribution in [0.5, 0.6) is 5.75 Å². The van der Waals surface area contributed by atoms with Crippen LogP contribution in [0.15, 0.2) is 42.5 Å². The molecule has 132 valence electrons. The van der Waals surface area contributed by atoms with Gasteiger partial charge in [0.15, 0.2) is 0 Å². The van der Waals surface area contributed by atoms with Crippen LogP contribution in [0.25, 0.3) is 0 Å². The monoisotopic (exact) mass is 341 g/mol. The molecule has 0 heterocycles. The van der Waals surface area contributed by atoms with Gasteiger partial charge in [0.05, 0.1) is 25.0 Å². The largest absolute Gasteiger partial charge is 0.493 e. The lowest BCUT2D eigenvalue weighted by atomic mass is 10.1. The predicted octanol–water partition coefficient (Wildman–Crippen LogP) is 3.89. The Balaban J connectivity index is 1.83. The van der Waals surface area contributed by atoms with Gasteiger partial charge >= 0.3 is 5.97 Å².